The highest BCUT2D eigenvalue weighted by atomic mass is 35.5. The quantitative estimate of drug-likeness (QED) is 0.292. The van der Waals surface area contributed by atoms with E-state index in [9.17, 15) is 15.0 Å². The number of rotatable bonds is 6. The third kappa shape index (κ3) is 4.45. The maximum Gasteiger partial charge on any atom is 0.312 e. The van der Waals surface area contributed by atoms with E-state index in [1.165, 1.54) is 0 Å². The number of hydrogen-bond donors (Lipinski definition) is 3. The Balaban J connectivity index is 1.32. The van der Waals surface area contributed by atoms with Crippen molar-refractivity contribution in [3.8, 4) is 28.4 Å². The van der Waals surface area contributed by atoms with E-state index in [-0.39, 0.29) is 6.10 Å². The monoisotopic (exact) mass is 505 g/mol. The zero-order valence-corrected chi connectivity index (χ0v) is 20.9. The van der Waals surface area contributed by atoms with Crippen molar-refractivity contribution in [1.29, 1.82) is 0 Å². The summed E-state index contributed by atoms with van der Waals surface area (Å²) in [5, 5.41) is 20.9. The van der Waals surface area contributed by atoms with Crippen LogP contribution in [-0.2, 0) is 4.79 Å². The van der Waals surface area contributed by atoms with E-state index in [1.807, 2.05) is 42.5 Å². The van der Waals surface area contributed by atoms with Crippen LogP contribution in [0.4, 0.5) is 0 Å². The molecule has 0 spiro atoms. The third-order valence-electron chi connectivity index (χ3n) is 7.41. The minimum Gasteiger partial charge on any atom is -0.481 e. The molecule has 1 aliphatic rings. The minimum atomic E-state index is -1.27. The smallest absolute Gasteiger partial charge is 0.312 e. The molecule has 7 nitrogen and oxygen atoms in total. The number of nitrogens with zero attached hydrogens (tertiary/aromatic N) is 2. The lowest BCUT2D eigenvalue weighted by molar-refractivity contribution is -0.171. The highest BCUT2D eigenvalue weighted by molar-refractivity contribution is 6.33. The van der Waals surface area contributed by atoms with Crippen LogP contribution in [0.5, 0.6) is 6.01 Å². The summed E-state index contributed by atoms with van der Waals surface area (Å²) in [4.78, 5) is 23.9. The van der Waals surface area contributed by atoms with Gasteiger partial charge in [0.1, 0.15) is 6.10 Å². The Labute approximate surface area is 214 Å². The van der Waals surface area contributed by atoms with Gasteiger partial charge in [0.15, 0.2) is 5.65 Å². The lowest BCUT2D eigenvalue weighted by Gasteiger charge is -2.44. The second kappa shape index (κ2) is 9.22. The van der Waals surface area contributed by atoms with Crippen LogP contribution in [0.2, 0.25) is 5.02 Å². The van der Waals surface area contributed by atoms with Crippen molar-refractivity contribution in [1.82, 2.24) is 15.0 Å². The number of imidazole rings is 1. The summed E-state index contributed by atoms with van der Waals surface area (Å²) in [5.74, 6) is -1.00. The first-order chi connectivity index (χ1) is 17.2. The van der Waals surface area contributed by atoms with Gasteiger partial charge in [-0.25, -0.2) is 4.98 Å². The Morgan fingerprint density at radius 2 is 1.64 bits per heavy atom. The average Bonchev–Trinajstić information content (AvgIpc) is 3.26. The molecule has 2 heterocycles. The van der Waals surface area contributed by atoms with Crippen molar-refractivity contribution in [2.24, 2.45) is 5.41 Å². The molecule has 5 rings (SSSR count). The Kier molecular flexibility index (Phi) is 6.22. The highest BCUT2D eigenvalue weighted by Gasteiger charge is 2.50. The molecule has 1 fully saturated rings. The molecule has 4 aromatic rings. The lowest BCUT2D eigenvalue weighted by Crippen LogP contribution is -2.52. The third-order valence-corrected chi connectivity index (χ3v) is 7.69. The molecule has 2 aromatic carbocycles. The van der Waals surface area contributed by atoms with E-state index >= 15 is 0 Å². The van der Waals surface area contributed by atoms with E-state index in [2.05, 4.69) is 27.1 Å². The number of halogens is 1. The van der Waals surface area contributed by atoms with Crippen molar-refractivity contribution in [3.63, 3.8) is 0 Å². The van der Waals surface area contributed by atoms with Crippen molar-refractivity contribution >= 4 is 28.7 Å². The first-order valence-electron chi connectivity index (χ1n) is 12.0. The maximum absolute atomic E-state index is 11.6. The minimum absolute atomic E-state index is 0.184. The van der Waals surface area contributed by atoms with E-state index < -0.39 is 17.0 Å². The van der Waals surface area contributed by atoms with E-state index in [4.69, 9.17) is 16.3 Å². The molecule has 8 heteroatoms. The molecule has 0 saturated heterocycles. The first kappa shape index (κ1) is 24.3. The van der Waals surface area contributed by atoms with Gasteiger partial charge in [-0.2, -0.15) is 4.98 Å². The van der Waals surface area contributed by atoms with Gasteiger partial charge in [-0.15, -0.1) is 0 Å². The number of aliphatic hydroxyl groups is 1. The Morgan fingerprint density at radius 1 is 1.03 bits per heavy atom. The maximum atomic E-state index is 11.6. The van der Waals surface area contributed by atoms with Gasteiger partial charge in [0, 0.05) is 5.56 Å². The Morgan fingerprint density at radius 3 is 2.28 bits per heavy atom. The largest absolute Gasteiger partial charge is 0.481 e. The zero-order chi connectivity index (χ0) is 25.5. The van der Waals surface area contributed by atoms with Gasteiger partial charge in [-0.3, -0.25) is 4.79 Å². The van der Waals surface area contributed by atoms with E-state index in [1.54, 1.807) is 19.9 Å². The molecule has 2 aromatic heterocycles. The summed E-state index contributed by atoms with van der Waals surface area (Å²) < 4.78 is 6.05. The number of ether oxygens (including phenoxy) is 1. The van der Waals surface area contributed by atoms with Crippen LogP contribution < -0.4 is 4.74 Å². The Hall–Kier alpha value is -3.42. The van der Waals surface area contributed by atoms with Gasteiger partial charge in [0.05, 0.1) is 27.2 Å². The van der Waals surface area contributed by atoms with E-state index in [0.29, 0.717) is 53.6 Å². The molecule has 36 heavy (non-hydrogen) atoms. The first-order valence-corrected chi connectivity index (χ1v) is 12.4. The molecule has 0 unspecified atom stereocenters. The van der Waals surface area contributed by atoms with Gasteiger partial charge in [-0.1, -0.05) is 66.2 Å². The number of carbonyl (C=O) groups is 1. The molecular formula is C28H28ClN3O4. The lowest BCUT2D eigenvalue weighted by atomic mass is 9.66. The number of aliphatic carboxylic acids is 1. The van der Waals surface area contributed by atoms with Gasteiger partial charge in [0.25, 0.3) is 6.01 Å². The van der Waals surface area contributed by atoms with Gasteiger partial charge in [0.2, 0.25) is 0 Å². The summed E-state index contributed by atoms with van der Waals surface area (Å²) in [5.41, 5.74) is 2.44. The Bertz CT molecular complexity index is 1390. The number of carboxylic acid groups (broad SMARTS) is 1. The molecule has 0 radical (unpaired) electrons. The van der Waals surface area contributed by atoms with Crippen LogP contribution in [0.25, 0.3) is 33.5 Å². The topological polar surface area (TPSA) is 108 Å². The summed E-state index contributed by atoms with van der Waals surface area (Å²) >= 11 is 6.57. The van der Waals surface area contributed by atoms with Crippen LogP contribution in [0.15, 0.2) is 60.7 Å². The number of carboxylic acids is 1. The average molecular weight is 506 g/mol. The zero-order valence-electron chi connectivity index (χ0n) is 20.2. The number of hydrogen-bond acceptors (Lipinski definition) is 5. The molecule has 1 aliphatic carbocycles. The summed E-state index contributed by atoms with van der Waals surface area (Å²) in [6.45, 7) is 3.13. The highest BCUT2D eigenvalue weighted by Crippen LogP contribution is 2.43. The molecule has 0 amide bonds. The van der Waals surface area contributed by atoms with Crippen LogP contribution in [0.1, 0.15) is 39.5 Å². The number of aromatic nitrogens is 3. The summed E-state index contributed by atoms with van der Waals surface area (Å²) in [6.07, 6.45) is 1.54. The second-order valence-electron chi connectivity index (χ2n) is 9.95. The molecular weight excluding hydrogens is 478 g/mol. The molecule has 0 aliphatic heterocycles. The molecule has 186 valence electrons. The van der Waals surface area contributed by atoms with Crippen molar-refractivity contribution in [2.45, 2.75) is 51.2 Å². The van der Waals surface area contributed by atoms with E-state index in [0.717, 1.165) is 16.7 Å². The fraction of sp³-hybridized carbons (Fsp3) is 0.321. The van der Waals surface area contributed by atoms with Gasteiger partial charge < -0.3 is 19.9 Å². The van der Waals surface area contributed by atoms with Gasteiger partial charge >= 0.3 is 5.97 Å². The number of fused-ring (bicyclic) bond motifs is 1. The van der Waals surface area contributed by atoms with Crippen molar-refractivity contribution in [3.05, 3.63) is 65.7 Å². The predicted molar refractivity (Wildman–Crippen MR) is 139 cm³/mol. The fourth-order valence-corrected chi connectivity index (χ4v) is 5.03. The van der Waals surface area contributed by atoms with Gasteiger partial charge in [-0.05, 0) is 56.7 Å². The SMILES string of the molecule is CC(C)(C(=O)O)[C@]1(O)CC[C@@H](Oc2nc3nc(-c4ccc(-c5ccccc5)cc4)c(Cl)cc3[nH]2)CC1. The summed E-state index contributed by atoms with van der Waals surface area (Å²) in [6, 6.07) is 20.3. The van der Waals surface area contributed by atoms with Crippen LogP contribution in [-0.4, -0.2) is 42.8 Å². The van der Waals surface area contributed by atoms with Crippen LogP contribution in [0.3, 0.4) is 0 Å². The van der Waals surface area contributed by atoms with Crippen molar-refractivity contribution < 1.29 is 19.7 Å². The standard InChI is InChI=1S/C28H28ClN3O4/c1-27(2,25(33)34)28(35)14-12-20(13-15-28)36-26-30-22-16-21(29)23(31-24(22)32-26)19-10-8-18(9-11-19)17-6-4-3-5-7-17/h3-11,16,20,35H,12-15H2,1-2H3,(H,33,34)(H,30,31,32)/t20-,28+. The van der Waals surface area contributed by atoms with Crippen molar-refractivity contribution in [2.75, 3.05) is 0 Å². The fourth-order valence-electron chi connectivity index (χ4n) is 4.77. The molecule has 1 saturated carbocycles. The normalized spacial score (nSPS) is 20.4. The predicted octanol–water partition coefficient (Wildman–Crippen LogP) is 6.11. The number of nitrogens with one attached hydrogen (secondary N) is 1. The number of benzene rings is 2. The molecule has 3 N–H and O–H groups in total. The number of aromatic amines is 1. The molecule has 0 atom stereocenters. The van der Waals surface area contributed by atoms with Crippen LogP contribution >= 0.6 is 11.6 Å². The summed E-state index contributed by atoms with van der Waals surface area (Å²) in [7, 11) is 0. The molecule has 0 bridgehead atoms. The number of pyridine rings is 1. The number of H-pyrrole nitrogens is 1. The second-order valence-corrected chi connectivity index (χ2v) is 10.4. The van der Waals surface area contributed by atoms with Crippen LogP contribution in [0, 0.1) is 5.41 Å².